The van der Waals surface area contributed by atoms with Crippen molar-refractivity contribution in [3.05, 3.63) is 53.0 Å². The van der Waals surface area contributed by atoms with E-state index in [1.54, 1.807) is 38.1 Å². The van der Waals surface area contributed by atoms with E-state index >= 15 is 0 Å². The molecule has 2 aromatic carbocycles. The fraction of sp³-hybridized carbons (Fsp3) is 0.333. The molecular formula is C21H24BrN3O4S. The van der Waals surface area contributed by atoms with Crippen molar-refractivity contribution >= 4 is 49.1 Å². The smallest absolute Gasteiger partial charge is 0.243 e. The average molecular weight is 494 g/mol. The molecule has 2 amide bonds. The van der Waals surface area contributed by atoms with Gasteiger partial charge in [0.05, 0.1) is 10.8 Å². The summed E-state index contributed by atoms with van der Waals surface area (Å²) < 4.78 is 27.5. The largest absolute Gasteiger partial charge is 0.326 e. The first-order valence-corrected chi connectivity index (χ1v) is 12.0. The van der Waals surface area contributed by atoms with Crippen LogP contribution in [0, 0.1) is 5.92 Å². The summed E-state index contributed by atoms with van der Waals surface area (Å²) in [6.07, 6.45) is 0.113. The van der Waals surface area contributed by atoms with Crippen LogP contribution in [0.1, 0.15) is 20.3 Å². The number of anilines is 2. The molecule has 9 heteroatoms. The lowest BCUT2D eigenvalue weighted by Crippen LogP contribution is -2.31. The molecule has 3 rings (SSSR count). The van der Waals surface area contributed by atoms with Crippen molar-refractivity contribution in [2.75, 3.05) is 29.9 Å². The molecule has 1 unspecified atom stereocenters. The molecule has 0 spiro atoms. The molecule has 1 heterocycles. The highest BCUT2D eigenvalue weighted by molar-refractivity contribution is 9.10. The van der Waals surface area contributed by atoms with Gasteiger partial charge in [-0.2, -0.15) is 4.31 Å². The number of nitrogens with zero attached hydrogens (tertiary/aromatic N) is 2. The Balaban J connectivity index is 1.70. The Morgan fingerprint density at radius 1 is 1.10 bits per heavy atom. The summed E-state index contributed by atoms with van der Waals surface area (Å²) in [6, 6.07) is 13.5. The van der Waals surface area contributed by atoms with E-state index in [9.17, 15) is 18.0 Å². The number of hydrogen-bond donors (Lipinski definition) is 1. The number of amides is 2. The van der Waals surface area contributed by atoms with Crippen molar-refractivity contribution in [2.24, 2.45) is 5.92 Å². The Labute approximate surface area is 185 Å². The first kappa shape index (κ1) is 22.5. The molecule has 7 nitrogen and oxygen atoms in total. The maximum Gasteiger partial charge on any atom is 0.243 e. The minimum atomic E-state index is -3.55. The molecule has 1 saturated heterocycles. The number of sulfonamides is 1. The monoisotopic (exact) mass is 493 g/mol. The van der Waals surface area contributed by atoms with Crippen molar-refractivity contribution in [3.63, 3.8) is 0 Å². The van der Waals surface area contributed by atoms with Gasteiger partial charge in [0, 0.05) is 41.9 Å². The van der Waals surface area contributed by atoms with Crippen molar-refractivity contribution < 1.29 is 18.0 Å². The summed E-state index contributed by atoms with van der Waals surface area (Å²) in [5.74, 6) is -0.848. The van der Waals surface area contributed by atoms with Gasteiger partial charge in [0.1, 0.15) is 0 Å². The molecule has 0 bridgehead atoms. The first-order valence-electron chi connectivity index (χ1n) is 9.73. The van der Waals surface area contributed by atoms with Crippen molar-refractivity contribution in [3.8, 4) is 0 Å². The molecule has 1 fully saturated rings. The Bertz CT molecular complexity index is 1020. The molecule has 0 aliphatic carbocycles. The third-order valence-corrected chi connectivity index (χ3v) is 7.69. The Morgan fingerprint density at radius 2 is 1.70 bits per heavy atom. The van der Waals surface area contributed by atoms with Gasteiger partial charge in [0.2, 0.25) is 21.8 Å². The fourth-order valence-electron chi connectivity index (χ4n) is 3.42. The summed E-state index contributed by atoms with van der Waals surface area (Å²) in [6.45, 7) is 4.61. The molecule has 2 aromatic rings. The lowest BCUT2D eigenvalue weighted by Gasteiger charge is -2.20. The molecule has 160 valence electrons. The van der Waals surface area contributed by atoms with Gasteiger partial charge in [0.15, 0.2) is 0 Å². The number of halogens is 1. The third-order valence-electron chi connectivity index (χ3n) is 5.10. The van der Waals surface area contributed by atoms with Crippen LogP contribution in [0.25, 0.3) is 0 Å². The molecule has 30 heavy (non-hydrogen) atoms. The van der Waals surface area contributed by atoms with E-state index < -0.39 is 15.9 Å². The Hall–Kier alpha value is -2.23. The molecule has 0 aromatic heterocycles. The number of hydrogen-bond acceptors (Lipinski definition) is 4. The zero-order valence-corrected chi connectivity index (χ0v) is 19.2. The predicted octanol–water partition coefficient (Wildman–Crippen LogP) is 3.47. The second-order valence-electron chi connectivity index (χ2n) is 6.98. The summed E-state index contributed by atoms with van der Waals surface area (Å²) in [4.78, 5) is 26.8. The van der Waals surface area contributed by atoms with Crippen LogP contribution < -0.4 is 10.2 Å². The molecule has 0 saturated carbocycles. The van der Waals surface area contributed by atoms with Crippen molar-refractivity contribution in [1.82, 2.24) is 4.31 Å². The predicted molar refractivity (Wildman–Crippen MR) is 120 cm³/mol. The molecule has 1 atom stereocenters. The molecule has 0 radical (unpaired) electrons. The minimum Gasteiger partial charge on any atom is -0.326 e. The van der Waals surface area contributed by atoms with Crippen LogP contribution in [0.3, 0.4) is 0 Å². The summed E-state index contributed by atoms with van der Waals surface area (Å²) in [7, 11) is -3.55. The quantitative estimate of drug-likeness (QED) is 0.639. The number of rotatable bonds is 7. The maximum absolute atomic E-state index is 12.6. The van der Waals surface area contributed by atoms with Crippen LogP contribution in [0.5, 0.6) is 0 Å². The van der Waals surface area contributed by atoms with Crippen molar-refractivity contribution in [2.45, 2.75) is 25.2 Å². The normalized spacial score (nSPS) is 16.9. The van der Waals surface area contributed by atoms with Crippen LogP contribution in [-0.4, -0.2) is 44.2 Å². The number of nitrogens with one attached hydrogen (secondary N) is 1. The first-order chi connectivity index (χ1) is 14.3. The van der Waals surface area contributed by atoms with E-state index in [0.29, 0.717) is 24.5 Å². The van der Waals surface area contributed by atoms with Crippen molar-refractivity contribution in [1.29, 1.82) is 0 Å². The average Bonchev–Trinajstić information content (AvgIpc) is 3.12. The molecule has 1 aliphatic rings. The van der Waals surface area contributed by atoms with Gasteiger partial charge in [-0.25, -0.2) is 8.42 Å². The maximum atomic E-state index is 12.6. The van der Waals surface area contributed by atoms with E-state index in [1.807, 2.05) is 12.1 Å². The molecule has 1 N–H and O–H groups in total. The molecule has 1 aliphatic heterocycles. The highest BCUT2D eigenvalue weighted by atomic mass is 79.9. The van der Waals surface area contributed by atoms with Crippen LogP contribution in [0.2, 0.25) is 0 Å². The highest BCUT2D eigenvalue weighted by Crippen LogP contribution is 2.28. The van der Waals surface area contributed by atoms with Crippen LogP contribution >= 0.6 is 15.9 Å². The summed E-state index contributed by atoms with van der Waals surface area (Å²) >= 11 is 3.35. The van der Waals surface area contributed by atoms with Crippen LogP contribution in [0.4, 0.5) is 11.4 Å². The number of carbonyl (C=O) groups excluding carboxylic acids is 2. The summed E-state index contributed by atoms with van der Waals surface area (Å²) in [5.41, 5.74) is 1.25. The number of benzene rings is 2. The Kier molecular flexibility index (Phi) is 6.95. The van der Waals surface area contributed by atoms with Gasteiger partial charge in [0.25, 0.3) is 0 Å². The van der Waals surface area contributed by atoms with E-state index in [-0.39, 0.29) is 29.7 Å². The van der Waals surface area contributed by atoms with Gasteiger partial charge < -0.3 is 10.2 Å². The molecular weight excluding hydrogens is 470 g/mol. The summed E-state index contributed by atoms with van der Waals surface area (Å²) in [5, 5.41) is 2.83. The topological polar surface area (TPSA) is 86.8 Å². The van der Waals surface area contributed by atoms with Crippen LogP contribution in [0.15, 0.2) is 57.9 Å². The zero-order valence-electron chi connectivity index (χ0n) is 16.8. The van der Waals surface area contributed by atoms with E-state index in [0.717, 1.165) is 4.47 Å². The van der Waals surface area contributed by atoms with Gasteiger partial charge in [-0.3, -0.25) is 9.59 Å². The lowest BCUT2D eigenvalue weighted by molar-refractivity contribution is -0.122. The van der Waals surface area contributed by atoms with Gasteiger partial charge in [-0.15, -0.1) is 0 Å². The second-order valence-corrected chi connectivity index (χ2v) is 9.84. The standard InChI is InChI=1S/C21H24BrN3O4S/c1-3-24(4-2)30(28,29)19-11-9-18(10-12-19)25-14-15(13-20(25)26)21(27)23-17-7-5-16(22)6-8-17/h5-12,15H,3-4,13-14H2,1-2H3,(H,23,27). The third kappa shape index (κ3) is 4.74. The minimum absolute atomic E-state index is 0.113. The number of carbonyl (C=O) groups is 2. The SMILES string of the molecule is CCN(CC)S(=O)(=O)c1ccc(N2CC(C(=O)Nc3ccc(Br)cc3)CC2=O)cc1. The van der Waals surface area contributed by atoms with Gasteiger partial charge in [-0.05, 0) is 48.5 Å². The Morgan fingerprint density at radius 3 is 2.27 bits per heavy atom. The van der Waals surface area contributed by atoms with E-state index in [4.69, 9.17) is 0 Å². The van der Waals surface area contributed by atoms with E-state index in [2.05, 4.69) is 21.2 Å². The van der Waals surface area contributed by atoms with Gasteiger partial charge in [-0.1, -0.05) is 29.8 Å². The second kappa shape index (κ2) is 9.28. The highest BCUT2D eigenvalue weighted by Gasteiger charge is 2.35. The van der Waals surface area contributed by atoms with Crippen LogP contribution in [-0.2, 0) is 19.6 Å². The van der Waals surface area contributed by atoms with Gasteiger partial charge >= 0.3 is 0 Å². The van der Waals surface area contributed by atoms with E-state index in [1.165, 1.54) is 21.3 Å². The fourth-order valence-corrected chi connectivity index (χ4v) is 5.14. The lowest BCUT2D eigenvalue weighted by atomic mass is 10.1. The zero-order chi connectivity index (χ0) is 21.9.